The maximum atomic E-state index is 12.3. The number of carbonyl (C=O) groups is 1. The van der Waals surface area contributed by atoms with Gasteiger partial charge in [0.15, 0.2) is 0 Å². The first-order chi connectivity index (χ1) is 9.90. The van der Waals surface area contributed by atoms with E-state index in [1.165, 1.54) is 0 Å². The SMILES string of the molecule is CC(C)(C)C1CCC(=O)N(Cc2cccc(C#N)c2)CC1. The molecule has 1 aromatic rings. The fraction of sp³-hybridized carbons (Fsp3) is 0.556. The Morgan fingerprint density at radius 1 is 1.33 bits per heavy atom. The molecule has 1 aromatic carbocycles. The second-order valence-corrected chi connectivity index (χ2v) is 7.02. The highest BCUT2D eigenvalue weighted by Gasteiger charge is 2.29. The van der Waals surface area contributed by atoms with Crippen LogP contribution in [0.3, 0.4) is 0 Å². The van der Waals surface area contributed by atoms with Crippen LogP contribution in [0.5, 0.6) is 0 Å². The summed E-state index contributed by atoms with van der Waals surface area (Å²) in [6, 6.07) is 9.69. The van der Waals surface area contributed by atoms with Gasteiger partial charge in [-0.25, -0.2) is 0 Å². The van der Waals surface area contributed by atoms with E-state index in [-0.39, 0.29) is 11.3 Å². The molecule has 0 spiro atoms. The third-order valence-corrected chi connectivity index (χ3v) is 4.46. The van der Waals surface area contributed by atoms with Crippen molar-refractivity contribution in [1.29, 1.82) is 5.26 Å². The molecule has 1 aliphatic rings. The van der Waals surface area contributed by atoms with Crippen molar-refractivity contribution in [2.24, 2.45) is 11.3 Å². The first kappa shape index (κ1) is 15.6. The van der Waals surface area contributed by atoms with Gasteiger partial charge in [0.2, 0.25) is 5.91 Å². The van der Waals surface area contributed by atoms with Crippen molar-refractivity contribution in [3.63, 3.8) is 0 Å². The lowest BCUT2D eigenvalue weighted by Crippen LogP contribution is -2.30. The highest BCUT2D eigenvalue weighted by atomic mass is 16.2. The van der Waals surface area contributed by atoms with Crippen molar-refractivity contribution in [2.45, 2.75) is 46.6 Å². The van der Waals surface area contributed by atoms with Crippen LogP contribution in [-0.4, -0.2) is 17.4 Å². The third kappa shape index (κ3) is 4.07. The number of hydrogen-bond acceptors (Lipinski definition) is 2. The molecule has 1 heterocycles. The zero-order chi connectivity index (χ0) is 15.5. The summed E-state index contributed by atoms with van der Waals surface area (Å²) in [5.74, 6) is 0.834. The van der Waals surface area contributed by atoms with Gasteiger partial charge in [0, 0.05) is 19.5 Å². The van der Waals surface area contributed by atoms with Crippen LogP contribution >= 0.6 is 0 Å². The lowest BCUT2D eigenvalue weighted by molar-refractivity contribution is -0.131. The molecule has 0 N–H and O–H groups in total. The number of nitriles is 1. The Kier molecular flexibility index (Phi) is 4.67. The van der Waals surface area contributed by atoms with Crippen LogP contribution in [0.1, 0.15) is 51.2 Å². The quantitative estimate of drug-likeness (QED) is 0.830. The standard InChI is InChI=1S/C18H24N2O/c1-18(2,3)16-7-8-17(21)20(10-9-16)13-15-6-4-5-14(11-15)12-19/h4-6,11,16H,7-10,13H2,1-3H3. The van der Waals surface area contributed by atoms with Crippen LogP contribution in [0, 0.1) is 22.7 Å². The Labute approximate surface area is 127 Å². The lowest BCUT2D eigenvalue weighted by Gasteiger charge is -2.29. The zero-order valence-electron chi connectivity index (χ0n) is 13.2. The summed E-state index contributed by atoms with van der Waals surface area (Å²) in [7, 11) is 0. The van der Waals surface area contributed by atoms with Gasteiger partial charge in [-0.1, -0.05) is 32.9 Å². The van der Waals surface area contributed by atoms with Crippen LogP contribution in [0.25, 0.3) is 0 Å². The number of amides is 1. The lowest BCUT2D eigenvalue weighted by atomic mass is 9.77. The van der Waals surface area contributed by atoms with Crippen molar-refractivity contribution in [3.8, 4) is 6.07 Å². The van der Waals surface area contributed by atoms with Gasteiger partial charge < -0.3 is 4.90 Å². The number of carbonyl (C=O) groups excluding carboxylic acids is 1. The smallest absolute Gasteiger partial charge is 0.222 e. The van der Waals surface area contributed by atoms with Gasteiger partial charge in [-0.05, 0) is 41.9 Å². The van der Waals surface area contributed by atoms with E-state index in [1.807, 2.05) is 23.1 Å². The number of hydrogen-bond donors (Lipinski definition) is 0. The summed E-state index contributed by atoms with van der Waals surface area (Å²) in [5.41, 5.74) is 1.95. The first-order valence-electron chi connectivity index (χ1n) is 7.67. The monoisotopic (exact) mass is 284 g/mol. The van der Waals surface area contributed by atoms with Crippen molar-refractivity contribution in [2.75, 3.05) is 6.54 Å². The van der Waals surface area contributed by atoms with Gasteiger partial charge in [-0.3, -0.25) is 4.79 Å². The highest BCUT2D eigenvalue weighted by molar-refractivity contribution is 5.76. The topological polar surface area (TPSA) is 44.1 Å². The van der Waals surface area contributed by atoms with Gasteiger partial charge in [0.05, 0.1) is 11.6 Å². The molecule has 3 nitrogen and oxygen atoms in total. The molecule has 0 bridgehead atoms. The average molecular weight is 284 g/mol. The molecule has 0 radical (unpaired) electrons. The van der Waals surface area contributed by atoms with Gasteiger partial charge >= 0.3 is 0 Å². The molecule has 1 atom stereocenters. The van der Waals surface area contributed by atoms with Crippen molar-refractivity contribution >= 4 is 5.91 Å². The first-order valence-corrected chi connectivity index (χ1v) is 7.67. The van der Waals surface area contributed by atoms with Crippen LogP contribution in [0.15, 0.2) is 24.3 Å². The van der Waals surface area contributed by atoms with Gasteiger partial charge in [0.1, 0.15) is 0 Å². The number of rotatable bonds is 2. The fourth-order valence-electron chi connectivity index (χ4n) is 3.03. The molecule has 2 rings (SSSR count). The summed E-state index contributed by atoms with van der Waals surface area (Å²) < 4.78 is 0. The molecule has 0 saturated carbocycles. The van der Waals surface area contributed by atoms with E-state index in [9.17, 15) is 4.79 Å². The zero-order valence-corrected chi connectivity index (χ0v) is 13.2. The predicted octanol–water partition coefficient (Wildman–Crippen LogP) is 3.73. The molecule has 1 fully saturated rings. The van der Waals surface area contributed by atoms with E-state index in [0.29, 0.717) is 24.4 Å². The number of benzene rings is 1. The molecule has 0 aromatic heterocycles. The van der Waals surface area contributed by atoms with Gasteiger partial charge in [-0.15, -0.1) is 0 Å². The summed E-state index contributed by atoms with van der Waals surface area (Å²) in [4.78, 5) is 14.3. The molecular formula is C18H24N2O. The van der Waals surface area contributed by atoms with Crippen LogP contribution in [-0.2, 0) is 11.3 Å². The van der Waals surface area contributed by atoms with Crippen LogP contribution < -0.4 is 0 Å². The van der Waals surface area contributed by atoms with E-state index < -0.39 is 0 Å². The molecular weight excluding hydrogens is 260 g/mol. The second-order valence-electron chi connectivity index (χ2n) is 7.02. The van der Waals surface area contributed by atoms with E-state index in [2.05, 4.69) is 26.8 Å². The molecule has 1 amide bonds. The Balaban J connectivity index is 2.06. The Bertz CT molecular complexity index is 551. The Hall–Kier alpha value is -1.82. The molecule has 1 aliphatic heterocycles. The highest BCUT2D eigenvalue weighted by Crippen LogP contribution is 2.34. The van der Waals surface area contributed by atoms with E-state index >= 15 is 0 Å². The van der Waals surface area contributed by atoms with E-state index in [4.69, 9.17) is 5.26 Å². The molecule has 3 heteroatoms. The number of likely N-dealkylation sites (tertiary alicyclic amines) is 1. The van der Waals surface area contributed by atoms with Gasteiger partial charge in [0.25, 0.3) is 0 Å². The normalized spacial score (nSPS) is 20.0. The largest absolute Gasteiger partial charge is 0.338 e. The van der Waals surface area contributed by atoms with E-state index in [1.54, 1.807) is 6.07 Å². The fourth-order valence-corrected chi connectivity index (χ4v) is 3.03. The molecule has 0 aliphatic carbocycles. The van der Waals surface area contributed by atoms with Crippen molar-refractivity contribution < 1.29 is 4.79 Å². The molecule has 112 valence electrons. The summed E-state index contributed by atoms with van der Waals surface area (Å²) in [6.07, 6.45) is 2.68. The second kappa shape index (κ2) is 6.30. The number of nitrogens with zero attached hydrogens (tertiary/aromatic N) is 2. The average Bonchev–Trinajstić information content (AvgIpc) is 2.62. The third-order valence-electron chi connectivity index (χ3n) is 4.46. The Morgan fingerprint density at radius 3 is 2.76 bits per heavy atom. The van der Waals surface area contributed by atoms with Crippen LogP contribution in [0.2, 0.25) is 0 Å². The minimum absolute atomic E-state index is 0.240. The Morgan fingerprint density at radius 2 is 2.10 bits per heavy atom. The molecule has 1 unspecified atom stereocenters. The van der Waals surface area contributed by atoms with Gasteiger partial charge in [-0.2, -0.15) is 5.26 Å². The maximum Gasteiger partial charge on any atom is 0.222 e. The summed E-state index contributed by atoms with van der Waals surface area (Å²) >= 11 is 0. The van der Waals surface area contributed by atoms with Crippen molar-refractivity contribution in [1.82, 2.24) is 4.90 Å². The summed E-state index contributed by atoms with van der Waals surface area (Å²) in [5, 5.41) is 8.96. The molecule has 21 heavy (non-hydrogen) atoms. The van der Waals surface area contributed by atoms with Crippen LogP contribution in [0.4, 0.5) is 0 Å². The summed E-state index contributed by atoms with van der Waals surface area (Å²) in [6.45, 7) is 8.21. The van der Waals surface area contributed by atoms with E-state index in [0.717, 1.165) is 24.9 Å². The maximum absolute atomic E-state index is 12.3. The van der Waals surface area contributed by atoms with Crippen molar-refractivity contribution in [3.05, 3.63) is 35.4 Å². The minimum atomic E-state index is 0.240. The predicted molar refractivity (Wildman–Crippen MR) is 83.4 cm³/mol. The minimum Gasteiger partial charge on any atom is -0.338 e. The molecule has 1 saturated heterocycles.